The minimum absolute atomic E-state index is 0.177. The third kappa shape index (κ3) is 4.37. The van der Waals surface area contributed by atoms with Gasteiger partial charge in [0.1, 0.15) is 6.54 Å². The zero-order chi connectivity index (χ0) is 15.5. The lowest BCUT2D eigenvalue weighted by molar-refractivity contribution is -0.138. The first-order valence-corrected chi connectivity index (χ1v) is 7.15. The number of rotatable bonds is 3. The van der Waals surface area contributed by atoms with Crippen molar-refractivity contribution < 1.29 is 14.7 Å². The largest absolute Gasteiger partial charge is 0.480 e. The Morgan fingerprint density at radius 2 is 1.65 bits per heavy atom. The first-order chi connectivity index (χ1) is 9.12. The monoisotopic (exact) mass is 285 g/mol. The van der Waals surface area contributed by atoms with Crippen molar-refractivity contribution in [1.82, 2.24) is 14.7 Å². The van der Waals surface area contributed by atoms with Crippen molar-refractivity contribution >= 4 is 12.0 Å². The molecule has 1 heterocycles. The molecule has 0 radical (unpaired) electrons. The van der Waals surface area contributed by atoms with Crippen LogP contribution in [0.15, 0.2) is 0 Å². The van der Waals surface area contributed by atoms with Gasteiger partial charge in [0.05, 0.1) is 0 Å². The number of carboxylic acid groups (broad SMARTS) is 1. The van der Waals surface area contributed by atoms with E-state index in [-0.39, 0.29) is 12.6 Å². The molecule has 0 bridgehead atoms. The summed E-state index contributed by atoms with van der Waals surface area (Å²) >= 11 is 0. The van der Waals surface area contributed by atoms with Crippen LogP contribution in [-0.4, -0.2) is 76.1 Å². The third-order valence-corrected chi connectivity index (χ3v) is 3.65. The van der Waals surface area contributed by atoms with E-state index in [2.05, 4.69) is 18.7 Å². The molecule has 0 saturated carbocycles. The summed E-state index contributed by atoms with van der Waals surface area (Å²) in [6, 6.07) is 0.299. The number of hydrogen-bond acceptors (Lipinski definition) is 3. The molecule has 6 heteroatoms. The van der Waals surface area contributed by atoms with E-state index in [9.17, 15) is 9.59 Å². The molecular weight excluding hydrogens is 258 g/mol. The Labute approximate surface area is 121 Å². The molecule has 1 aliphatic rings. The van der Waals surface area contributed by atoms with E-state index in [1.807, 2.05) is 20.8 Å². The lowest BCUT2D eigenvalue weighted by atomic mass is 10.1. The molecule has 1 rings (SSSR count). The van der Waals surface area contributed by atoms with Crippen LogP contribution in [0.2, 0.25) is 0 Å². The van der Waals surface area contributed by atoms with E-state index in [1.165, 1.54) is 4.90 Å². The molecular formula is C14H27N3O3. The van der Waals surface area contributed by atoms with Crippen molar-refractivity contribution in [1.29, 1.82) is 0 Å². The van der Waals surface area contributed by atoms with Crippen LogP contribution in [0.4, 0.5) is 4.79 Å². The van der Waals surface area contributed by atoms with Crippen molar-refractivity contribution in [2.75, 3.05) is 32.7 Å². The Hall–Kier alpha value is -1.30. The maximum Gasteiger partial charge on any atom is 0.323 e. The minimum Gasteiger partial charge on any atom is -0.480 e. The molecule has 0 aliphatic carbocycles. The Balaban J connectivity index is 2.70. The number of carbonyl (C=O) groups is 2. The van der Waals surface area contributed by atoms with Gasteiger partial charge in [-0.2, -0.15) is 0 Å². The van der Waals surface area contributed by atoms with Crippen LogP contribution in [0, 0.1) is 0 Å². The van der Waals surface area contributed by atoms with Crippen LogP contribution >= 0.6 is 0 Å². The fourth-order valence-electron chi connectivity index (χ4n) is 2.33. The molecule has 0 unspecified atom stereocenters. The molecule has 1 saturated heterocycles. The first kappa shape index (κ1) is 16.8. The van der Waals surface area contributed by atoms with Crippen LogP contribution < -0.4 is 0 Å². The van der Waals surface area contributed by atoms with Gasteiger partial charge in [0.25, 0.3) is 0 Å². The molecule has 116 valence electrons. The predicted molar refractivity (Wildman–Crippen MR) is 77.8 cm³/mol. The van der Waals surface area contributed by atoms with Gasteiger partial charge in [-0.15, -0.1) is 0 Å². The lowest BCUT2D eigenvalue weighted by Crippen LogP contribution is -2.58. The van der Waals surface area contributed by atoms with E-state index >= 15 is 0 Å². The van der Waals surface area contributed by atoms with E-state index < -0.39 is 11.5 Å². The number of carboxylic acids is 1. The summed E-state index contributed by atoms with van der Waals surface area (Å²) in [5.74, 6) is -0.978. The molecule has 1 fully saturated rings. The molecule has 0 atom stereocenters. The smallest absolute Gasteiger partial charge is 0.323 e. The Morgan fingerprint density at radius 1 is 1.15 bits per heavy atom. The first-order valence-electron chi connectivity index (χ1n) is 7.15. The molecule has 0 aromatic rings. The highest BCUT2D eigenvalue weighted by molar-refractivity contribution is 5.81. The maximum atomic E-state index is 12.5. The van der Waals surface area contributed by atoms with Crippen LogP contribution in [0.25, 0.3) is 0 Å². The zero-order valence-corrected chi connectivity index (χ0v) is 13.2. The van der Waals surface area contributed by atoms with Gasteiger partial charge < -0.3 is 14.9 Å². The Kier molecular flexibility index (Phi) is 5.39. The highest BCUT2D eigenvalue weighted by Gasteiger charge is 2.33. The van der Waals surface area contributed by atoms with E-state index in [1.54, 1.807) is 4.90 Å². The van der Waals surface area contributed by atoms with E-state index in [4.69, 9.17) is 5.11 Å². The molecule has 1 aliphatic heterocycles. The van der Waals surface area contributed by atoms with E-state index in [0.29, 0.717) is 19.1 Å². The number of aliphatic carboxylic acids is 1. The number of piperazine rings is 1. The van der Waals surface area contributed by atoms with Gasteiger partial charge in [-0.3, -0.25) is 9.69 Å². The highest BCUT2D eigenvalue weighted by atomic mass is 16.4. The van der Waals surface area contributed by atoms with E-state index in [0.717, 1.165) is 13.1 Å². The molecule has 0 aromatic heterocycles. The van der Waals surface area contributed by atoms with Gasteiger partial charge in [-0.1, -0.05) is 0 Å². The van der Waals surface area contributed by atoms with Gasteiger partial charge in [0.2, 0.25) is 0 Å². The van der Waals surface area contributed by atoms with Crippen LogP contribution in [0.5, 0.6) is 0 Å². The molecule has 1 N–H and O–H groups in total. The molecule has 0 aromatic carbocycles. The minimum atomic E-state index is -0.978. The summed E-state index contributed by atoms with van der Waals surface area (Å²) in [5, 5.41) is 8.99. The van der Waals surface area contributed by atoms with Gasteiger partial charge in [-0.05, 0) is 34.6 Å². The molecule has 6 nitrogen and oxygen atoms in total. The Bertz CT molecular complexity index is 355. The van der Waals surface area contributed by atoms with Crippen molar-refractivity contribution in [3.05, 3.63) is 0 Å². The zero-order valence-electron chi connectivity index (χ0n) is 13.2. The van der Waals surface area contributed by atoms with Gasteiger partial charge >= 0.3 is 12.0 Å². The van der Waals surface area contributed by atoms with Gasteiger partial charge in [-0.25, -0.2) is 4.79 Å². The highest BCUT2D eigenvalue weighted by Crippen LogP contribution is 2.17. The van der Waals surface area contributed by atoms with Crippen LogP contribution in [0.3, 0.4) is 0 Å². The fourth-order valence-corrected chi connectivity index (χ4v) is 2.33. The average molecular weight is 285 g/mol. The quantitative estimate of drug-likeness (QED) is 0.849. The molecule has 0 spiro atoms. The van der Waals surface area contributed by atoms with Crippen molar-refractivity contribution in [3.8, 4) is 0 Å². The normalized spacial score (nSPS) is 17.4. The second kappa shape index (κ2) is 6.43. The molecule has 2 amide bonds. The third-order valence-electron chi connectivity index (χ3n) is 3.65. The number of amides is 2. The summed E-state index contributed by atoms with van der Waals surface area (Å²) < 4.78 is 0. The van der Waals surface area contributed by atoms with Gasteiger partial charge in [0, 0.05) is 37.8 Å². The summed E-state index contributed by atoms with van der Waals surface area (Å²) in [6.07, 6.45) is 0. The number of hydrogen-bond donors (Lipinski definition) is 1. The summed E-state index contributed by atoms with van der Waals surface area (Å²) in [7, 11) is 0. The van der Waals surface area contributed by atoms with Crippen molar-refractivity contribution in [2.45, 2.75) is 46.2 Å². The second-order valence-electron chi connectivity index (χ2n) is 6.55. The van der Waals surface area contributed by atoms with Crippen LogP contribution in [-0.2, 0) is 4.79 Å². The van der Waals surface area contributed by atoms with Crippen molar-refractivity contribution in [2.24, 2.45) is 0 Å². The van der Waals surface area contributed by atoms with Crippen molar-refractivity contribution in [3.63, 3.8) is 0 Å². The summed E-state index contributed by atoms with van der Waals surface area (Å²) in [5.41, 5.74) is -0.495. The summed E-state index contributed by atoms with van der Waals surface area (Å²) in [4.78, 5) is 29.0. The summed E-state index contributed by atoms with van der Waals surface area (Å²) in [6.45, 7) is 12.6. The number of carbonyl (C=O) groups excluding carboxylic acids is 1. The number of nitrogens with zero attached hydrogens (tertiary/aromatic N) is 3. The maximum absolute atomic E-state index is 12.5. The van der Waals surface area contributed by atoms with Crippen LogP contribution in [0.1, 0.15) is 34.6 Å². The predicted octanol–water partition coefficient (Wildman–Crippen LogP) is 1.32. The van der Waals surface area contributed by atoms with Gasteiger partial charge in [0.15, 0.2) is 0 Å². The molecule has 20 heavy (non-hydrogen) atoms. The second-order valence-corrected chi connectivity index (χ2v) is 6.55. The lowest BCUT2D eigenvalue weighted by Gasteiger charge is -2.42. The Morgan fingerprint density at radius 3 is 2.00 bits per heavy atom. The topological polar surface area (TPSA) is 64.1 Å². The fraction of sp³-hybridized carbons (Fsp3) is 0.857. The SMILES string of the molecule is CC(C)N1CCN(C(=O)N(CC(=O)O)C(C)(C)C)CC1. The standard InChI is InChI=1S/C14H27N3O3/c1-11(2)15-6-8-16(9-7-15)13(20)17(10-12(18)19)14(3,4)5/h11H,6-10H2,1-5H3,(H,18,19). The average Bonchev–Trinajstić information content (AvgIpc) is 2.33. The number of urea groups is 1.